The van der Waals surface area contributed by atoms with Crippen molar-refractivity contribution in [2.24, 2.45) is 0 Å². The van der Waals surface area contributed by atoms with Crippen molar-refractivity contribution >= 4 is 11.7 Å². The molecule has 1 fully saturated rings. The van der Waals surface area contributed by atoms with Crippen molar-refractivity contribution in [3.8, 4) is 0 Å². The summed E-state index contributed by atoms with van der Waals surface area (Å²) in [5.41, 5.74) is 1.75. The van der Waals surface area contributed by atoms with E-state index in [-0.39, 0.29) is 11.9 Å². The average molecular weight is 367 g/mol. The number of benzene rings is 1. The molecule has 1 aliphatic heterocycles. The van der Waals surface area contributed by atoms with Crippen molar-refractivity contribution in [2.45, 2.75) is 12.5 Å². The molecule has 1 aromatic carbocycles. The first-order chi connectivity index (χ1) is 13.1. The van der Waals surface area contributed by atoms with Crippen LogP contribution in [0.1, 0.15) is 28.5 Å². The lowest BCUT2D eigenvalue weighted by atomic mass is 10.0. The molecule has 6 heteroatoms. The summed E-state index contributed by atoms with van der Waals surface area (Å²) in [7, 11) is 4.06. The average Bonchev–Trinajstić information content (AvgIpc) is 2.72. The third-order valence-corrected chi connectivity index (χ3v) is 4.74. The number of hydrogen-bond acceptors (Lipinski definition) is 5. The zero-order chi connectivity index (χ0) is 19.1. The van der Waals surface area contributed by atoms with Gasteiger partial charge in [0.15, 0.2) is 0 Å². The maximum atomic E-state index is 12.4. The predicted octanol–water partition coefficient (Wildman–Crippen LogP) is 1.91. The van der Waals surface area contributed by atoms with Gasteiger partial charge in [-0.3, -0.25) is 4.79 Å². The zero-order valence-corrected chi connectivity index (χ0v) is 16.2. The van der Waals surface area contributed by atoms with Crippen molar-refractivity contribution < 1.29 is 4.79 Å². The van der Waals surface area contributed by atoms with E-state index < -0.39 is 0 Å². The molecule has 0 radical (unpaired) electrons. The Labute approximate surface area is 161 Å². The van der Waals surface area contributed by atoms with Crippen LogP contribution in [0.4, 0.5) is 5.82 Å². The van der Waals surface area contributed by atoms with E-state index in [0.29, 0.717) is 12.2 Å². The molecule has 27 heavy (non-hydrogen) atoms. The van der Waals surface area contributed by atoms with Gasteiger partial charge in [-0.05, 0) is 44.8 Å². The molecular formula is C21H29N5O. The van der Waals surface area contributed by atoms with Crippen LogP contribution >= 0.6 is 0 Å². The first kappa shape index (κ1) is 19.3. The summed E-state index contributed by atoms with van der Waals surface area (Å²) < 4.78 is 0. The zero-order valence-electron chi connectivity index (χ0n) is 16.2. The lowest BCUT2D eigenvalue weighted by Gasteiger charge is -2.35. The van der Waals surface area contributed by atoms with Gasteiger partial charge in [0.25, 0.3) is 5.91 Å². The smallest absolute Gasteiger partial charge is 0.269 e. The van der Waals surface area contributed by atoms with Gasteiger partial charge in [0.1, 0.15) is 11.5 Å². The normalized spacial score (nSPS) is 17.1. The van der Waals surface area contributed by atoms with Gasteiger partial charge in [-0.25, -0.2) is 4.98 Å². The summed E-state index contributed by atoms with van der Waals surface area (Å²) in [6, 6.07) is 16.4. The number of aromatic nitrogens is 1. The Bertz CT molecular complexity index is 734. The number of hydrogen-bond donors (Lipinski definition) is 2. The fraction of sp³-hybridized carbons (Fsp3) is 0.429. The molecule has 3 rings (SSSR count). The number of pyridine rings is 1. The lowest BCUT2D eigenvalue weighted by Crippen LogP contribution is -2.46. The van der Waals surface area contributed by atoms with Gasteiger partial charge in [-0.15, -0.1) is 0 Å². The highest BCUT2D eigenvalue weighted by Crippen LogP contribution is 2.21. The van der Waals surface area contributed by atoms with Crippen LogP contribution in [0.3, 0.4) is 0 Å². The Balaban J connectivity index is 1.61. The van der Waals surface area contributed by atoms with Crippen LogP contribution in [0.15, 0.2) is 48.5 Å². The Kier molecular flexibility index (Phi) is 6.79. The molecule has 6 nitrogen and oxygen atoms in total. The van der Waals surface area contributed by atoms with Crippen LogP contribution < -0.4 is 15.5 Å². The van der Waals surface area contributed by atoms with Gasteiger partial charge in [0, 0.05) is 32.2 Å². The molecule has 0 spiro atoms. The largest absolute Gasteiger partial charge is 0.353 e. The predicted molar refractivity (Wildman–Crippen MR) is 109 cm³/mol. The van der Waals surface area contributed by atoms with Crippen molar-refractivity contribution in [1.29, 1.82) is 0 Å². The molecule has 0 bridgehead atoms. The number of piperazine rings is 1. The number of nitrogens with one attached hydrogen (secondary N) is 2. The molecular weight excluding hydrogens is 338 g/mol. The third-order valence-electron chi connectivity index (χ3n) is 4.74. The van der Waals surface area contributed by atoms with Crippen LogP contribution in [-0.2, 0) is 0 Å². The summed E-state index contributed by atoms with van der Waals surface area (Å²) in [6.07, 6.45) is 0.926. The molecule has 1 saturated heterocycles. The van der Waals surface area contributed by atoms with Crippen molar-refractivity contribution in [3.05, 3.63) is 59.8 Å². The van der Waals surface area contributed by atoms with Crippen LogP contribution in [0, 0.1) is 0 Å². The second-order valence-corrected chi connectivity index (χ2v) is 7.16. The fourth-order valence-electron chi connectivity index (χ4n) is 3.28. The molecule has 2 N–H and O–H groups in total. The highest BCUT2D eigenvalue weighted by atomic mass is 16.1. The minimum atomic E-state index is -0.106. The van der Waals surface area contributed by atoms with Crippen LogP contribution in [0.5, 0.6) is 0 Å². The summed E-state index contributed by atoms with van der Waals surface area (Å²) >= 11 is 0. The van der Waals surface area contributed by atoms with Crippen LogP contribution in [0.2, 0.25) is 0 Å². The molecule has 1 amide bonds. The van der Waals surface area contributed by atoms with Crippen molar-refractivity contribution in [2.75, 3.05) is 51.7 Å². The molecule has 1 aliphatic rings. The summed E-state index contributed by atoms with van der Waals surface area (Å²) in [5.74, 6) is 0.753. The van der Waals surface area contributed by atoms with E-state index in [4.69, 9.17) is 0 Å². The minimum absolute atomic E-state index is 0.106. The molecule has 0 unspecified atom stereocenters. The van der Waals surface area contributed by atoms with E-state index in [1.54, 1.807) is 6.07 Å². The van der Waals surface area contributed by atoms with Gasteiger partial charge < -0.3 is 20.4 Å². The standard InChI is InChI=1S/C21H29N5O/c1-25(2)14-7-12-23-21(27)18-10-6-11-20(24-18)26-15-13-22-19(16-26)17-8-4-3-5-9-17/h3-6,8-11,19,22H,7,12-16H2,1-2H3,(H,23,27)/t19-/m0/s1. The van der Waals surface area contributed by atoms with E-state index in [0.717, 1.165) is 38.4 Å². The fourth-order valence-corrected chi connectivity index (χ4v) is 3.28. The number of carbonyl (C=O) groups is 1. The molecule has 0 saturated carbocycles. The number of rotatable bonds is 7. The van der Waals surface area contributed by atoms with E-state index in [2.05, 4.69) is 49.7 Å². The van der Waals surface area contributed by atoms with Crippen LogP contribution in [0.25, 0.3) is 0 Å². The second-order valence-electron chi connectivity index (χ2n) is 7.16. The second kappa shape index (κ2) is 9.48. The molecule has 2 heterocycles. The summed E-state index contributed by atoms with van der Waals surface area (Å²) in [4.78, 5) is 21.4. The minimum Gasteiger partial charge on any atom is -0.353 e. The van der Waals surface area contributed by atoms with Crippen LogP contribution in [-0.4, -0.2) is 62.6 Å². The highest BCUT2D eigenvalue weighted by Gasteiger charge is 2.22. The Morgan fingerprint density at radius 1 is 1.22 bits per heavy atom. The Hall–Kier alpha value is -2.44. The highest BCUT2D eigenvalue weighted by molar-refractivity contribution is 5.92. The number of nitrogens with zero attached hydrogens (tertiary/aromatic N) is 3. The van der Waals surface area contributed by atoms with Crippen molar-refractivity contribution in [3.63, 3.8) is 0 Å². The lowest BCUT2D eigenvalue weighted by molar-refractivity contribution is 0.0947. The first-order valence-electron chi connectivity index (χ1n) is 9.57. The van der Waals surface area contributed by atoms with Gasteiger partial charge in [0.2, 0.25) is 0 Å². The monoisotopic (exact) mass is 367 g/mol. The molecule has 144 valence electrons. The quantitative estimate of drug-likeness (QED) is 0.732. The number of anilines is 1. The summed E-state index contributed by atoms with van der Waals surface area (Å²) in [5, 5.41) is 6.52. The first-order valence-corrected chi connectivity index (χ1v) is 9.57. The molecule has 2 aromatic rings. The Morgan fingerprint density at radius 2 is 2.04 bits per heavy atom. The third kappa shape index (κ3) is 5.52. The molecule has 0 aliphatic carbocycles. The Morgan fingerprint density at radius 3 is 2.81 bits per heavy atom. The number of carbonyl (C=O) groups excluding carboxylic acids is 1. The van der Waals surface area contributed by atoms with Gasteiger partial charge in [-0.2, -0.15) is 0 Å². The topological polar surface area (TPSA) is 60.5 Å². The molecule has 1 atom stereocenters. The maximum absolute atomic E-state index is 12.4. The maximum Gasteiger partial charge on any atom is 0.269 e. The van der Waals surface area contributed by atoms with Gasteiger partial charge in [0.05, 0.1) is 0 Å². The van der Waals surface area contributed by atoms with E-state index in [9.17, 15) is 4.79 Å². The van der Waals surface area contributed by atoms with Gasteiger partial charge in [-0.1, -0.05) is 36.4 Å². The van der Waals surface area contributed by atoms with E-state index in [1.807, 2.05) is 32.3 Å². The van der Waals surface area contributed by atoms with E-state index in [1.165, 1.54) is 5.56 Å². The molecule has 1 aromatic heterocycles. The van der Waals surface area contributed by atoms with Gasteiger partial charge >= 0.3 is 0 Å². The SMILES string of the molecule is CN(C)CCCNC(=O)c1cccc(N2CCN[C@H](c3ccccc3)C2)n1. The summed E-state index contributed by atoms with van der Waals surface area (Å²) in [6.45, 7) is 4.22. The van der Waals surface area contributed by atoms with Crippen molar-refractivity contribution in [1.82, 2.24) is 20.5 Å². The number of amides is 1. The van der Waals surface area contributed by atoms with E-state index >= 15 is 0 Å².